The normalized spacial score (nSPS) is 12.3. The van der Waals surface area contributed by atoms with Crippen molar-refractivity contribution in [2.24, 2.45) is 0 Å². The van der Waals surface area contributed by atoms with Crippen LogP contribution in [0.25, 0.3) is 16.6 Å². The zero-order valence-electron chi connectivity index (χ0n) is 18.1. The zero-order chi connectivity index (χ0) is 23.6. The molecule has 0 spiro atoms. The number of ether oxygens (including phenoxy) is 1. The highest BCUT2D eigenvalue weighted by atomic mass is 19.1. The Morgan fingerprint density at radius 2 is 1.94 bits per heavy atom. The molecule has 166 valence electrons. The lowest BCUT2D eigenvalue weighted by Crippen LogP contribution is -2.38. The van der Waals surface area contributed by atoms with E-state index in [4.69, 9.17) is 4.74 Å². The van der Waals surface area contributed by atoms with Crippen molar-refractivity contribution in [2.45, 2.75) is 45.8 Å². The number of nitriles is 1. The summed E-state index contributed by atoms with van der Waals surface area (Å²) in [6.45, 7) is 6.83. The summed E-state index contributed by atoms with van der Waals surface area (Å²) in [5.74, 6) is -1.82. The van der Waals surface area contributed by atoms with Crippen molar-refractivity contribution < 1.29 is 18.3 Å². The standard InChI is InChI=1S/C23H22F2N4O3/c1-5-17(27-22(31)32-23(2,3)4)20-28-19-16(25)10-9-15(24)18(19)21(30)29(20)14-8-6-7-13(11-14)12-26/h6-11,17H,5H2,1-4H3,(H,27,31)/t17-/m0/s1. The van der Waals surface area contributed by atoms with Gasteiger partial charge in [0.1, 0.15) is 34.0 Å². The Bertz CT molecular complexity index is 1290. The van der Waals surface area contributed by atoms with Gasteiger partial charge in [0.15, 0.2) is 0 Å². The molecule has 1 N–H and O–H groups in total. The fourth-order valence-corrected chi connectivity index (χ4v) is 3.23. The SMILES string of the molecule is CC[C@H](NC(=O)OC(C)(C)C)c1nc2c(F)ccc(F)c2c(=O)n1-c1cccc(C#N)c1. The average Bonchev–Trinajstić information content (AvgIpc) is 2.73. The molecule has 1 atom stereocenters. The smallest absolute Gasteiger partial charge is 0.408 e. The second-order valence-corrected chi connectivity index (χ2v) is 8.13. The maximum atomic E-state index is 14.5. The Kier molecular flexibility index (Phi) is 6.25. The molecule has 0 radical (unpaired) electrons. The first kappa shape index (κ1) is 22.9. The van der Waals surface area contributed by atoms with Gasteiger partial charge in [0, 0.05) is 0 Å². The Labute approximate surface area is 183 Å². The van der Waals surface area contributed by atoms with E-state index >= 15 is 0 Å². The second-order valence-electron chi connectivity index (χ2n) is 8.13. The Morgan fingerprint density at radius 1 is 1.25 bits per heavy atom. The summed E-state index contributed by atoms with van der Waals surface area (Å²) in [5, 5.41) is 11.4. The van der Waals surface area contributed by atoms with Crippen LogP contribution in [0, 0.1) is 23.0 Å². The molecule has 7 nitrogen and oxygen atoms in total. The van der Waals surface area contributed by atoms with Gasteiger partial charge in [0.25, 0.3) is 5.56 Å². The number of fused-ring (bicyclic) bond motifs is 1. The molecule has 0 aliphatic rings. The predicted molar refractivity (Wildman–Crippen MR) is 114 cm³/mol. The topological polar surface area (TPSA) is 97.0 Å². The number of hydrogen-bond donors (Lipinski definition) is 1. The van der Waals surface area contributed by atoms with Crippen LogP contribution in [0.15, 0.2) is 41.2 Å². The van der Waals surface area contributed by atoms with Crippen molar-refractivity contribution in [1.82, 2.24) is 14.9 Å². The molecule has 1 heterocycles. The molecule has 0 bridgehead atoms. The highest BCUT2D eigenvalue weighted by Gasteiger charge is 2.26. The number of carbonyl (C=O) groups is 1. The minimum atomic E-state index is -0.927. The molecule has 0 fully saturated rings. The highest BCUT2D eigenvalue weighted by molar-refractivity contribution is 5.79. The monoisotopic (exact) mass is 440 g/mol. The van der Waals surface area contributed by atoms with Crippen LogP contribution in [0.2, 0.25) is 0 Å². The molecule has 0 saturated heterocycles. The van der Waals surface area contributed by atoms with Crippen LogP contribution in [0.1, 0.15) is 51.5 Å². The van der Waals surface area contributed by atoms with Crippen LogP contribution >= 0.6 is 0 Å². The maximum absolute atomic E-state index is 14.5. The third-order valence-corrected chi connectivity index (χ3v) is 4.59. The lowest BCUT2D eigenvalue weighted by molar-refractivity contribution is 0.0499. The van der Waals surface area contributed by atoms with E-state index in [9.17, 15) is 23.6 Å². The van der Waals surface area contributed by atoms with E-state index in [1.54, 1.807) is 39.8 Å². The molecule has 1 aromatic heterocycles. The molecule has 0 aliphatic heterocycles. The van der Waals surface area contributed by atoms with Crippen LogP contribution < -0.4 is 10.9 Å². The van der Waals surface area contributed by atoms with Gasteiger partial charge in [0.2, 0.25) is 0 Å². The van der Waals surface area contributed by atoms with Crippen molar-refractivity contribution in [3.8, 4) is 11.8 Å². The van der Waals surface area contributed by atoms with Gasteiger partial charge in [-0.15, -0.1) is 0 Å². The summed E-state index contributed by atoms with van der Waals surface area (Å²) < 4.78 is 35.4. The Balaban J connectivity index is 2.30. The third kappa shape index (κ3) is 4.59. The summed E-state index contributed by atoms with van der Waals surface area (Å²) in [4.78, 5) is 30.0. The number of halogens is 2. The molecule has 2 aromatic carbocycles. The van der Waals surface area contributed by atoms with Crippen molar-refractivity contribution >= 4 is 17.0 Å². The molecule has 3 rings (SSSR count). The number of aromatic nitrogens is 2. The quantitative estimate of drug-likeness (QED) is 0.644. The summed E-state index contributed by atoms with van der Waals surface area (Å²) in [6.07, 6.45) is -0.484. The lowest BCUT2D eigenvalue weighted by atomic mass is 10.1. The molecule has 1 amide bonds. The molecule has 0 saturated carbocycles. The molecule has 3 aromatic rings. The van der Waals surface area contributed by atoms with Gasteiger partial charge in [-0.2, -0.15) is 5.26 Å². The minimum absolute atomic E-state index is 0.0181. The molecule has 0 aliphatic carbocycles. The molecular formula is C23H22F2N4O3. The molecule has 32 heavy (non-hydrogen) atoms. The van der Waals surface area contributed by atoms with Crippen LogP contribution in [0.5, 0.6) is 0 Å². The van der Waals surface area contributed by atoms with Gasteiger partial charge in [0.05, 0.1) is 23.4 Å². The summed E-state index contributed by atoms with van der Waals surface area (Å²) >= 11 is 0. The molecule has 9 heteroatoms. The highest BCUT2D eigenvalue weighted by Crippen LogP contribution is 2.24. The van der Waals surface area contributed by atoms with Crippen molar-refractivity contribution in [3.63, 3.8) is 0 Å². The second kappa shape index (κ2) is 8.75. The van der Waals surface area contributed by atoms with Gasteiger partial charge in [-0.1, -0.05) is 13.0 Å². The van der Waals surface area contributed by atoms with E-state index in [0.717, 1.165) is 16.7 Å². The van der Waals surface area contributed by atoms with E-state index in [1.165, 1.54) is 12.1 Å². The number of nitrogens with one attached hydrogen (secondary N) is 1. The van der Waals surface area contributed by atoms with Crippen LogP contribution in [-0.4, -0.2) is 21.2 Å². The van der Waals surface area contributed by atoms with E-state index in [0.29, 0.717) is 0 Å². The van der Waals surface area contributed by atoms with Gasteiger partial charge in [-0.3, -0.25) is 9.36 Å². The molecular weight excluding hydrogens is 418 g/mol. The Morgan fingerprint density at radius 3 is 2.56 bits per heavy atom. The van der Waals surface area contributed by atoms with E-state index in [-0.39, 0.29) is 23.5 Å². The van der Waals surface area contributed by atoms with Crippen LogP contribution in [-0.2, 0) is 4.74 Å². The average molecular weight is 440 g/mol. The maximum Gasteiger partial charge on any atom is 0.408 e. The van der Waals surface area contributed by atoms with Gasteiger partial charge < -0.3 is 10.1 Å². The minimum Gasteiger partial charge on any atom is -0.444 e. The first-order valence-electron chi connectivity index (χ1n) is 9.96. The number of nitrogens with zero attached hydrogens (tertiary/aromatic N) is 3. The van der Waals surface area contributed by atoms with E-state index < -0.39 is 45.8 Å². The first-order valence-corrected chi connectivity index (χ1v) is 9.96. The number of alkyl carbamates (subject to hydrolysis) is 1. The van der Waals surface area contributed by atoms with Gasteiger partial charge in [-0.25, -0.2) is 18.6 Å². The summed E-state index contributed by atoms with van der Waals surface area (Å²) in [6, 6.07) is 8.91. The lowest BCUT2D eigenvalue weighted by Gasteiger charge is -2.25. The number of hydrogen-bond acceptors (Lipinski definition) is 5. The Hall–Kier alpha value is -3.80. The number of carbonyl (C=O) groups excluding carboxylic acids is 1. The number of benzene rings is 2. The molecule has 0 unspecified atom stereocenters. The number of amides is 1. The first-order chi connectivity index (χ1) is 15.1. The van der Waals surface area contributed by atoms with Gasteiger partial charge in [-0.05, 0) is 57.5 Å². The van der Waals surface area contributed by atoms with Crippen LogP contribution in [0.3, 0.4) is 0 Å². The van der Waals surface area contributed by atoms with E-state index in [1.807, 2.05) is 6.07 Å². The van der Waals surface area contributed by atoms with E-state index in [2.05, 4.69) is 10.3 Å². The third-order valence-electron chi connectivity index (χ3n) is 4.59. The summed E-state index contributed by atoms with van der Waals surface area (Å²) in [7, 11) is 0. The number of rotatable bonds is 4. The van der Waals surface area contributed by atoms with Crippen molar-refractivity contribution in [3.05, 3.63) is 69.8 Å². The van der Waals surface area contributed by atoms with Crippen molar-refractivity contribution in [1.29, 1.82) is 5.26 Å². The largest absolute Gasteiger partial charge is 0.444 e. The zero-order valence-corrected chi connectivity index (χ0v) is 18.1. The van der Waals surface area contributed by atoms with Gasteiger partial charge >= 0.3 is 6.09 Å². The predicted octanol–water partition coefficient (Wildman–Crippen LogP) is 4.51. The fourth-order valence-electron chi connectivity index (χ4n) is 3.23. The summed E-state index contributed by atoms with van der Waals surface area (Å²) in [5.41, 5.74) is -1.58. The van der Waals surface area contributed by atoms with Crippen molar-refractivity contribution in [2.75, 3.05) is 0 Å². The fraction of sp³-hybridized carbons (Fsp3) is 0.304. The van der Waals surface area contributed by atoms with Crippen LogP contribution in [0.4, 0.5) is 13.6 Å².